The number of imidazole rings is 1. The van der Waals surface area contributed by atoms with Crippen molar-refractivity contribution < 1.29 is 9.53 Å². The van der Waals surface area contributed by atoms with Gasteiger partial charge in [0.2, 0.25) is 5.91 Å². The van der Waals surface area contributed by atoms with Crippen LogP contribution in [0.1, 0.15) is 27.9 Å². The van der Waals surface area contributed by atoms with E-state index in [4.69, 9.17) is 4.74 Å². The summed E-state index contributed by atoms with van der Waals surface area (Å²) in [6, 6.07) is 9.60. The van der Waals surface area contributed by atoms with Gasteiger partial charge in [0.15, 0.2) is 0 Å². The molecular formula is C21H24N4O2S. The van der Waals surface area contributed by atoms with Crippen LogP contribution in [0.5, 0.6) is 5.75 Å². The number of ether oxygens (including phenoxy) is 1. The lowest BCUT2D eigenvalue weighted by Crippen LogP contribution is -2.41. The minimum Gasteiger partial charge on any atom is -0.497 e. The predicted molar refractivity (Wildman–Crippen MR) is 109 cm³/mol. The summed E-state index contributed by atoms with van der Waals surface area (Å²) >= 11 is 1.81. The van der Waals surface area contributed by atoms with Gasteiger partial charge in [-0.1, -0.05) is 12.1 Å². The number of rotatable bonds is 6. The summed E-state index contributed by atoms with van der Waals surface area (Å²) in [5.41, 5.74) is 2.32. The van der Waals surface area contributed by atoms with E-state index in [1.54, 1.807) is 13.3 Å². The molecule has 0 radical (unpaired) electrons. The molecule has 1 N–H and O–H groups in total. The number of hydrogen-bond donors (Lipinski definition) is 1. The molecule has 1 unspecified atom stereocenters. The Kier molecular flexibility index (Phi) is 5.45. The number of benzene rings is 1. The Balaban J connectivity index is 1.49. The maximum atomic E-state index is 12.9. The van der Waals surface area contributed by atoms with Gasteiger partial charge in [-0.25, -0.2) is 4.98 Å². The van der Waals surface area contributed by atoms with Crippen molar-refractivity contribution in [2.75, 3.05) is 20.2 Å². The summed E-state index contributed by atoms with van der Waals surface area (Å²) in [4.78, 5) is 21.0. The first-order valence-electron chi connectivity index (χ1n) is 9.32. The predicted octanol–water partition coefficient (Wildman–Crippen LogP) is 2.75. The highest BCUT2D eigenvalue weighted by atomic mass is 32.1. The zero-order valence-electron chi connectivity index (χ0n) is 16.1. The maximum absolute atomic E-state index is 12.9. The van der Waals surface area contributed by atoms with Crippen molar-refractivity contribution >= 4 is 17.2 Å². The smallest absolute Gasteiger partial charge is 0.235 e. The lowest BCUT2D eigenvalue weighted by atomic mass is 10.1. The molecule has 6 nitrogen and oxygen atoms in total. The molecule has 1 amide bonds. The SMILES string of the molecule is COc1ccc(C(NC(=O)CN2CCc3sccc3C2)c2nccn2C)cc1. The second-order valence-corrected chi connectivity index (χ2v) is 8.00. The summed E-state index contributed by atoms with van der Waals surface area (Å²) < 4.78 is 7.19. The zero-order valence-corrected chi connectivity index (χ0v) is 16.9. The quantitative estimate of drug-likeness (QED) is 0.696. The van der Waals surface area contributed by atoms with E-state index in [9.17, 15) is 4.79 Å². The Bertz CT molecular complexity index is 947. The summed E-state index contributed by atoms with van der Waals surface area (Å²) in [6.45, 7) is 2.13. The largest absolute Gasteiger partial charge is 0.497 e. The van der Waals surface area contributed by atoms with E-state index in [0.29, 0.717) is 6.54 Å². The molecule has 146 valence electrons. The van der Waals surface area contributed by atoms with Gasteiger partial charge in [0, 0.05) is 37.4 Å². The number of aryl methyl sites for hydroxylation is 1. The van der Waals surface area contributed by atoms with Crippen LogP contribution in [-0.4, -0.2) is 40.6 Å². The van der Waals surface area contributed by atoms with Crippen molar-refractivity contribution in [3.63, 3.8) is 0 Å². The number of aromatic nitrogens is 2. The first-order valence-corrected chi connectivity index (χ1v) is 10.2. The average Bonchev–Trinajstić information content (AvgIpc) is 3.34. The van der Waals surface area contributed by atoms with Gasteiger partial charge in [-0.3, -0.25) is 9.69 Å². The number of methoxy groups -OCH3 is 1. The Labute approximate surface area is 168 Å². The molecule has 28 heavy (non-hydrogen) atoms. The number of carbonyl (C=O) groups excluding carboxylic acids is 1. The molecule has 3 aromatic rings. The van der Waals surface area contributed by atoms with E-state index in [1.165, 1.54) is 10.4 Å². The molecule has 0 fully saturated rings. The monoisotopic (exact) mass is 396 g/mol. The Morgan fingerprint density at radius 3 is 2.86 bits per heavy atom. The van der Waals surface area contributed by atoms with Crippen LogP contribution in [0, 0.1) is 0 Å². The van der Waals surface area contributed by atoms with E-state index in [-0.39, 0.29) is 11.9 Å². The van der Waals surface area contributed by atoms with Crippen LogP contribution in [-0.2, 0) is 24.8 Å². The fourth-order valence-electron chi connectivity index (χ4n) is 3.60. The minimum atomic E-state index is -0.306. The van der Waals surface area contributed by atoms with Crippen molar-refractivity contribution in [2.24, 2.45) is 7.05 Å². The Hall–Kier alpha value is -2.64. The fraction of sp³-hybridized carbons (Fsp3) is 0.333. The number of fused-ring (bicyclic) bond motifs is 1. The van der Waals surface area contributed by atoms with Crippen molar-refractivity contribution in [3.8, 4) is 5.75 Å². The minimum absolute atomic E-state index is 0.00231. The van der Waals surface area contributed by atoms with Gasteiger partial charge in [-0.05, 0) is 41.1 Å². The van der Waals surface area contributed by atoms with Gasteiger partial charge < -0.3 is 14.6 Å². The van der Waals surface area contributed by atoms with Crippen molar-refractivity contribution in [3.05, 3.63) is 69.9 Å². The number of amides is 1. The molecular weight excluding hydrogens is 372 g/mol. The molecule has 7 heteroatoms. The normalized spacial score (nSPS) is 15.1. The lowest BCUT2D eigenvalue weighted by molar-refractivity contribution is -0.123. The second-order valence-electron chi connectivity index (χ2n) is 7.00. The summed E-state index contributed by atoms with van der Waals surface area (Å²) in [5, 5.41) is 5.31. The fourth-order valence-corrected chi connectivity index (χ4v) is 4.49. The van der Waals surface area contributed by atoms with Crippen LogP contribution < -0.4 is 10.1 Å². The van der Waals surface area contributed by atoms with Crippen LogP contribution in [0.4, 0.5) is 0 Å². The highest BCUT2D eigenvalue weighted by Crippen LogP contribution is 2.25. The molecule has 1 aliphatic heterocycles. The number of nitrogens with zero attached hydrogens (tertiary/aromatic N) is 3. The van der Waals surface area contributed by atoms with Crippen molar-refractivity contribution in [1.29, 1.82) is 0 Å². The molecule has 0 saturated carbocycles. The highest BCUT2D eigenvalue weighted by Gasteiger charge is 2.24. The lowest BCUT2D eigenvalue weighted by Gasteiger charge is -2.27. The van der Waals surface area contributed by atoms with Gasteiger partial charge in [0.05, 0.1) is 13.7 Å². The first kappa shape index (κ1) is 18.7. The molecule has 1 aliphatic rings. The molecule has 4 rings (SSSR count). The van der Waals surface area contributed by atoms with Crippen LogP contribution >= 0.6 is 11.3 Å². The molecule has 2 aromatic heterocycles. The Morgan fingerprint density at radius 2 is 2.14 bits per heavy atom. The molecule has 0 spiro atoms. The summed E-state index contributed by atoms with van der Waals surface area (Å²) in [6.07, 6.45) is 4.66. The standard InChI is InChI=1S/C21H24N4O2S/c1-24-11-9-22-21(24)20(15-3-5-17(27-2)6-4-15)23-19(26)14-25-10-7-18-16(13-25)8-12-28-18/h3-6,8-9,11-12,20H,7,10,13-14H2,1-2H3,(H,23,26). The third-order valence-corrected chi connectivity index (χ3v) is 6.15. The van der Waals surface area contributed by atoms with Gasteiger partial charge >= 0.3 is 0 Å². The van der Waals surface area contributed by atoms with Crippen LogP contribution in [0.3, 0.4) is 0 Å². The number of carbonyl (C=O) groups is 1. The molecule has 0 saturated heterocycles. The van der Waals surface area contributed by atoms with Crippen molar-refractivity contribution in [1.82, 2.24) is 19.8 Å². The van der Waals surface area contributed by atoms with E-state index < -0.39 is 0 Å². The molecule has 3 heterocycles. The zero-order chi connectivity index (χ0) is 19.5. The number of hydrogen-bond acceptors (Lipinski definition) is 5. The van der Waals surface area contributed by atoms with Crippen LogP contribution in [0.2, 0.25) is 0 Å². The molecule has 1 aromatic carbocycles. The van der Waals surface area contributed by atoms with Gasteiger partial charge in [0.1, 0.15) is 17.6 Å². The molecule has 0 aliphatic carbocycles. The van der Waals surface area contributed by atoms with Crippen molar-refractivity contribution in [2.45, 2.75) is 19.0 Å². The van der Waals surface area contributed by atoms with E-state index in [0.717, 1.165) is 36.6 Å². The number of nitrogens with one attached hydrogen (secondary N) is 1. The third-order valence-electron chi connectivity index (χ3n) is 5.13. The summed E-state index contributed by atoms with van der Waals surface area (Å²) in [7, 11) is 3.58. The molecule has 0 bridgehead atoms. The van der Waals surface area contributed by atoms with Gasteiger partial charge in [-0.2, -0.15) is 0 Å². The van der Waals surface area contributed by atoms with Gasteiger partial charge in [-0.15, -0.1) is 11.3 Å². The average molecular weight is 397 g/mol. The topological polar surface area (TPSA) is 59.4 Å². The van der Waals surface area contributed by atoms with Gasteiger partial charge in [0.25, 0.3) is 0 Å². The third kappa shape index (κ3) is 3.95. The number of thiophene rings is 1. The maximum Gasteiger partial charge on any atom is 0.235 e. The summed E-state index contributed by atoms with van der Waals surface area (Å²) in [5.74, 6) is 1.59. The molecule has 1 atom stereocenters. The van der Waals surface area contributed by atoms with E-state index in [2.05, 4.69) is 26.6 Å². The second kappa shape index (κ2) is 8.16. The highest BCUT2D eigenvalue weighted by molar-refractivity contribution is 7.10. The van der Waals surface area contributed by atoms with Crippen LogP contribution in [0.15, 0.2) is 48.1 Å². The van der Waals surface area contributed by atoms with E-state index >= 15 is 0 Å². The van der Waals surface area contributed by atoms with E-state index in [1.807, 2.05) is 53.4 Å². The Morgan fingerprint density at radius 1 is 1.32 bits per heavy atom. The van der Waals surface area contributed by atoms with Crippen LogP contribution in [0.25, 0.3) is 0 Å². The first-order chi connectivity index (χ1) is 13.6.